The van der Waals surface area contributed by atoms with Gasteiger partial charge in [-0.25, -0.2) is 0 Å². The van der Waals surface area contributed by atoms with Crippen LogP contribution in [0.1, 0.15) is 48.0 Å². The van der Waals surface area contributed by atoms with Gasteiger partial charge in [-0.2, -0.15) is 0 Å². The maximum absolute atomic E-state index is 12.8. The standard InChI is InChI=1S/C19H21N3O5/c23-16-7-6-15(17(24)21-16)22-9-13-12(18(22)25)2-1-3-14(13)20-11-5-4-10(8-11)19(26)27/h1-3,10-11,15,20H,4-9H2,(H,26,27)(H,21,23,24). The van der Waals surface area contributed by atoms with Crippen molar-refractivity contribution in [3.05, 3.63) is 29.3 Å². The minimum Gasteiger partial charge on any atom is -0.481 e. The lowest BCUT2D eigenvalue weighted by Crippen LogP contribution is -2.52. The Morgan fingerprint density at radius 1 is 1.19 bits per heavy atom. The number of hydrogen-bond donors (Lipinski definition) is 3. The summed E-state index contributed by atoms with van der Waals surface area (Å²) in [5.41, 5.74) is 2.19. The average molecular weight is 371 g/mol. The highest BCUT2D eigenvalue weighted by Crippen LogP contribution is 2.35. The number of carbonyl (C=O) groups excluding carboxylic acids is 3. The second-order valence-corrected chi connectivity index (χ2v) is 7.42. The number of aliphatic carboxylic acids is 1. The molecule has 2 aliphatic heterocycles. The second kappa shape index (κ2) is 6.68. The van der Waals surface area contributed by atoms with Crippen LogP contribution in [-0.4, -0.2) is 45.8 Å². The zero-order valence-corrected chi connectivity index (χ0v) is 14.7. The molecular formula is C19H21N3O5. The van der Waals surface area contributed by atoms with E-state index in [1.54, 1.807) is 12.1 Å². The van der Waals surface area contributed by atoms with Crippen LogP contribution in [0.25, 0.3) is 0 Å². The van der Waals surface area contributed by atoms with Crippen LogP contribution in [0, 0.1) is 5.92 Å². The summed E-state index contributed by atoms with van der Waals surface area (Å²) in [5, 5.41) is 14.9. The van der Waals surface area contributed by atoms with Crippen molar-refractivity contribution < 1.29 is 24.3 Å². The van der Waals surface area contributed by atoms with E-state index in [0.29, 0.717) is 31.4 Å². The fraction of sp³-hybridized carbons (Fsp3) is 0.474. The molecule has 0 spiro atoms. The van der Waals surface area contributed by atoms with Gasteiger partial charge in [0.1, 0.15) is 6.04 Å². The van der Waals surface area contributed by atoms with E-state index >= 15 is 0 Å². The number of anilines is 1. The van der Waals surface area contributed by atoms with E-state index in [-0.39, 0.29) is 30.2 Å². The van der Waals surface area contributed by atoms with Crippen LogP contribution in [0.4, 0.5) is 5.69 Å². The van der Waals surface area contributed by atoms with Gasteiger partial charge in [-0.3, -0.25) is 24.5 Å². The molecule has 4 rings (SSSR count). The number of carbonyl (C=O) groups is 4. The Hall–Kier alpha value is -2.90. The number of nitrogens with one attached hydrogen (secondary N) is 2. The van der Waals surface area contributed by atoms with Crippen LogP contribution in [0.5, 0.6) is 0 Å². The highest BCUT2D eigenvalue weighted by molar-refractivity contribution is 6.06. The van der Waals surface area contributed by atoms with Gasteiger partial charge < -0.3 is 15.3 Å². The molecule has 0 radical (unpaired) electrons. The predicted molar refractivity (Wildman–Crippen MR) is 94.9 cm³/mol. The third-order valence-corrected chi connectivity index (χ3v) is 5.72. The van der Waals surface area contributed by atoms with Crippen molar-refractivity contribution in [2.75, 3.05) is 5.32 Å². The first-order chi connectivity index (χ1) is 12.9. The molecular weight excluding hydrogens is 350 g/mol. The number of amides is 3. The molecule has 142 valence electrons. The molecule has 3 N–H and O–H groups in total. The van der Waals surface area contributed by atoms with Crippen LogP contribution in [0.3, 0.4) is 0 Å². The number of hydrogen-bond acceptors (Lipinski definition) is 5. The van der Waals surface area contributed by atoms with Gasteiger partial charge in [0.2, 0.25) is 11.8 Å². The third-order valence-electron chi connectivity index (χ3n) is 5.72. The van der Waals surface area contributed by atoms with Gasteiger partial charge in [0.05, 0.1) is 5.92 Å². The van der Waals surface area contributed by atoms with E-state index < -0.39 is 17.9 Å². The fourth-order valence-electron chi connectivity index (χ4n) is 4.28. The second-order valence-electron chi connectivity index (χ2n) is 7.42. The monoisotopic (exact) mass is 371 g/mol. The predicted octanol–water partition coefficient (Wildman–Crippen LogP) is 1.11. The van der Waals surface area contributed by atoms with Crippen LogP contribution >= 0.6 is 0 Å². The van der Waals surface area contributed by atoms with E-state index in [1.807, 2.05) is 6.07 Å². The van der Waals surface area contributed by atoms with Crippen LogP contribution < -0.4 is 10.6 Å². The number of nitrogens with zero attached hydrogens (tertiary/aromatic N) is 1. The van der Waals surface area contributed by atoms with Crippen molar-refractivity contribution in [3.63, 3.8) is 0 Å². The number of carboxylic acids is 1. The normalized spacial score (nSPS) is 27.5. The lowest BCUT2D eigenvalue weighted by Gasteiger charge is -2.29. The highest BCUT2D eigenvalue weighted by atomic mass is 16.4. The summed E-state index contributed by atoms with van der Waals surface area (Å²) in [6, 6.07) is 4.82. The Kier molecular flexibility index (Phi) is 4.33. The number of piperidine rings is 1. The molecule has 0 bridgehead atoms. The largest absolute Gasteiger partial charge is 0.481 e. The molecule has 0 aromatic heterocycles. The number of carboxylic acid groups (broad SMARTS) is 1. The number of benzene rings is 1. The van der Waals surface area contributed by atoms with Gasteiger partial charge in [0.25, 0.3) is 5.91 Å². The number of rotatable bonds is 4. The van der Waals surface area contributed by atoms with E-state index in [9.17, 15) is 19.2 Å². The summed E-state index contributed by atoms with van der Waals surface area (Å²) in [5.74, 6) is -2.05. The zero-order chi connectivity index (χ0) is 19.1. The molecule has 8 heteroatoms. The Labute approximate surface area is 155 Å². The molecule has 2 fully saturated rings. The van der Waals surface area contributed by atoms with Gasteiger partial charge in [-0.05, 0) is 37.8 Å². The Morgan fingerprint density at radius 3 is 2.70 bits per heavy atom. The molecule has 1 aromatic carbocycles. The summed E-state index contributed by atoms with van der Waals surface area (Å²) >= 11 is 0. The quantitative estimate of drug-likeness (QED) is 0.683. The Bertz CT molecular complexity index is 837. The van der Waals surface area contributed by atoms with Gasteiger partial charge in [0, 0.05) is 35.8 Å². The molecule has 8 nitrogen and oxygen atoms in total. The molecule has 3 atom stereocenters. The van der Waals surface area contributed by atoms with Crippen molar-refractivity contribution in [1.82, 2.24) is 10.2 Å². The average Bonchev–Trinajstić information content (AvgIpc) is 3.21. The molecule has 1 saturated carbocycles. The number of imide groups is 1. The van der Waals surface area contributed by atoms with Gasteiger partial charge in [0.15, 0.2) is 0 Å². The molecule has 1 saturated heterocycles. The van der Waals surface area contributed by atoms with Crippen LogP contribution in [0.15, 0.2) is 18.2 Å². The van der Waals surface area contributed by atoms with E-state index in [2.05, 4.69) is 10.6 Å². The molecule has 3 amide bonds. The zero-order valence-electron chi connectivity index (χ0n) is 14.7. The Morgan fingerprint density at radius 2 is 2.00 bits per heavy atom. The molecule has 27 heavy (non-hydrogen) atoms. The summed E-state index contributed by atoms with van der Waals surface area (Å²) in [6.07, 6.45) is 2.52. The van der Waals surface area contributed by atoms with Crippen molar-refractivity contribution in [3.8, 4) is 0 Å². The van der Waals surface area contributed by atoms with Crippen molar-refractivity contribution in [2.24, 2.45) is 5.92 Å². The van der Waals surface area contributed by atoms with E-state index in [1.165, 1.54) is 4.90 Å². The van der Waals surface area contributed by atoms with Crippen molar-refractivity contribution in [2.45, 2.75) is 50.7 Å². The van der Waals surface area contributed by atoms with Crippen LogP contribution in [0.2, 0.25) is 0 Å². The smallest absolute Gasteiger partial charge is 0.306 e. The first-order valence-electron chi connectivity index (χ1n) is 9.20. The maximum atomic E-state index is 12.8. The van der Waals surface area contributed by atoms with Crippen LogP contribution in [-0.2, 0) is 20.9 Å². The van der Waals surface area contributed by atoms with E-state index in [4.69, 9.17) is 5.11 Å². The molecule has 1 aromatic rings. The van der Waals surface area contributed by atoms with Crippen molar-refractivity contribution >= 4 is 29.4 Å². The Balaban J connectivity index is 1.52. The minimum absolute atomic E-state index is 0.0531. The third kappa shape index (κ3) is 3.15. The summed E-state index contributed by atoms with van der Waals surface area (Å²) < 4.78 is 0. The van der Waals surface area contributed by atoms with Crippen molar-refractivity contribution in [1.29, 1.82) is 0 Å². The summed E-state index contributed by atoms with van der Waals surface area (Å²) in [4.78, 5) is 49.0. The van der Waals surface area contributed by atoms with Gasteiger partial charge >= 0.3 is 5.97 Å². The molecule has 2 heterocycles. The first-order valence-corrected chi connectivity index (χ1v) is 9.20. The SMILES string of the molecule is O=C1CCC(N2Cc3c(NC4CCC(C(=O)O)C4)cccc3C2=O)C(=O)N1. The fourth-order valence-corrected chi connectivity index (χ4v) is 4.28. The highest BCUT2D eigenvalue weighted by Gasteiger charge is 2.40. The molecule has 1 aliphatic carbocycles. The maximum Gasteiger partial charge on any atom is 0.306 e. The van der Waals surface area contributed by atoms with Gasteiger partial charge in [-0.1, -0.05) is 6.07 Å². The summed E-state index contributed by atoms with van der Waals surface area (Å²) in [6.45, 7) is 0.304. The van der Waals surface area contributed by atoms with Gasteiger partial charge in [-0.15, -0.1) is 0 Å². The summed E-state index contributed by atoms with van der Waals surface area (Å²) in [7, 11) is 0. The first kappa shape index (κ1) is 17.5. The number of fused-ring (bicyclic) bond motifs is 1. The topological polar surface area (TPSA) is 116 Å². The molecule has 3 unspecified atom stereocenters. The lowest BCUT2D eigenvalue weighted by atomic mass is 10.0. The minimum atomic E-state index is -0.767. The molecule has 3 aliphatic rings. The lowest BCUT2D eigenvalue weighted by molar-refractivity contribution is -0.141. The van der Waals surface area contributed by atoms with E-state index in [0.717, 1.165) is 17.7 Å².